The van der Waals surface area contributed by atoms with Gasteiger partial charge in [0.05, 0.1) is 12.6 Å². The van der Waals surface area contributed by atoms with Gasteiger partial charge < -0.3 is 4.43 Å². The fourth-order valence-electron chi connectivity index (χ4n) is 2.19. The minimum absolute atomic E-state index is 0.00614. The smallest absolute Gasteiger partial charge is 0.331 e. The number of rotatable bonds is 4. The molecular formula is C16H27N3O3Si. The number of nitrogens with zero attached hydrogens (tertiary/aromatic N) is 3. The van der Waals surface area contributed by atoms with E-state index in [1.807, 2.05) is 13.0 Å². The SMILES string of the molecule is Cc1c(C#N)c(=O)n(C)c(=O)n1CC(C)O[Si](C)(C)C(C)(C)C. The predicted octanol–water partition coefficient (Wildman–Crippen LogP) is 2.14. The van der Waals surface area contributed by atoms with Crippen molar-refractivity contribution in [1.82, 2.24) is 9.13 Å². The second kappa shape index (κ2) is 6.46. The maximum absolute atomic E-state index is 12.3. The summed E-state index contributed by atoms with van der Waals surface area (Å²) in [6, 6.07) is 1.89. The largest absolute Gasteiger partial charge is 0.412 e. The standard InChI is InChI=1S/C16H27N3O3Si/c1-11(22-23(7,8)16(3,4)5)10-19-12(2)13(9-17)14(20)18(6)15(19)21/h11H,10H2,1-8H3. The lowest BCUT2D eigenvalue weighted by molar-refractivity contribution is 0.175. The molecule has 1 aromatic heterocycles. The van der Waals surface area contributed by atoms with Gasteiger partial charge in [-0.15, -0.1) is 0 Å². The van der Waals surface area contributed by atoms with Gasteiger partial charge in [0, 0.05) is 12.7 Å². The van der Waals surface area contributed by atoms with Crippen LogP contribution < -0.4 is 11.2 Å². The van der Waals surface area contributed by atoms with E-state index in [1.165, 1.54) is 11.6 Å². The Balaban J connectivity index is 3.22. The summed E-state index contributed by atoms with van der Waals surface area (Å²) >= 11 is 0. The molecule has 1 aromatic rings. The highest BCUT2D eigenvalue weighted by Gasteiger charge is 2.38. The molecule has 1 rings (SSSR count). The normalized spacial score (nSPS) is 13.7. The van der Waals surface area contributed by atoms with Crippen LogP contribution in [0.2, 0.25) is 18.1 Å². The van der Waals surface area contributed by atoms with E-state index in [0.717, 1.165) is 4.57 Å². The molecule has 0 aromatic carbocycles. The van der Waals surface area contributed by atoms with E-state index in [0.29, 0.717) is 12.2 Å². The van der Waals surface area contributed by atoms with Crippen LogP contribution in [0.1, 0.15) is 39.0 Å². The summed E-state index contributed by atoms with van der Waals surface area (Å²) in [5.74, 6) is 0. The summed E-state index contributed by atoms with van der Waals surface area (Å²) in [5.41, 5.74) is -0.570. The fraction of sp³-hybridized carbons (Fsp3) is 0.688. The van der Waals surface area contributed by atoms with Gasteiger partial charge in [-0.25, -0.2) is 4.79 Å². The van der Waals surface area contributed by atoms with Gasteiger partial charge in [0.15, 0.2) is 8.32 Å². The van der Waals surface area contributed by atoms with E-state index in [9.17, 15) is 9.59 Å². The van der Waals surface area contributed by atoms with E-state index < -0.39 is 19.6 Å². The lowest BCUT2D eigenvalue weighted by Crippen LogP contribution is -2.46. The average Bonchev–Trinajstić information content (AvgIpc) is 2.40. The van der Waals surface area contributed by atoms with Gasteiger partial charge in [0.25, 0.3) is 5.56 Å². The van der Waals surface area contributed by atoms with E-state index in [1.54, 1.807) is 6.92 Å². The molecule has 0 amide bonds. The van der Waals surface area contributed by atoms with Crippen molar-refractivity contribution < 1.29 is 4.43 Å². The van der Waals surface area contributed by atoms with E-state index in [4.69, 9.17) is 9.69 Å². The predicted molar refractivity (Wildman–Crippen MR) is 93.1 cm³/mol. The third-order valence-electron chi connectivity index (χ3n) is 4.66. The lowest BCUT2D eigenvalue weighted by atomic mass is 10.2. The summed E-state index contributed by atoms with van der Waals surface area (Å²) in [5, 5.41) is 9.24. The minimum atomic E-state index is -1.95. The van der Waals surface area contributed by atoms with Crippen LogP contribution in [0.25, 0.3) is 0 Å². The first-order chi connectivity index (χ1) is 10.3. The second-order valence-corrected chi connectivity index (χ2v) is 12.3. The van der Waals surface area contributed by atoms with E-state index >= 15 is 0 Å². The maximum Gasteiger partial charge on any atom is 0.331 e. The quantitative estimate of drug-likeness (QED) is 0.789. The monoisotopic (exact) mass is 337 g/mol. The molecule has 6 nitrogen and oxygen atoms in total. The molecule has 0 aliphatic carbocycles. The van der Waals surface area contributed by atoms with Crippen molar-refractivity contribution in [3.8, 4) is 6.07 Å². The van der Waals surface area contributed by atoms with Gasteiger partial charge in [-0.3, -0.25) is 13.9 Å². The van der Waals surface area contributed by atoms with Crippen LogP contribution in [-0.2, 0) is 18.0 Å². The molecule has 0 saturated carbocycles. The molecule has 0 spiro atoms. The van der Waals surface area contributed by atoms with Crippen molar-refractivity contribution >= 4 is 8.32 Å². The average molecular weight is 337 g/mol. The Bertz CT molecular complexity index is 748. The Kier molecular flexibility index (Phi) is 5.44. The topological polar surface area (TPSA) is 77.0 Å². The highest BCUT2D eigenvalue weighted by Crippen LogP contribution is 2.37. The Morgan fingerprint density at radius 3 is 2.26 bits per heavy atom. The Hall–Kier alpha value is -1.65. The van der Waals surface area contributed by atoms with Gasteiger partial charge in [-0.05, 0) is 32.0 Å². The molecule has 0 saturated heterocycles. The van der Waals surface area contributed by atoms with Crippen LogP contribution in [0.4, 0.5) is 0 Å². The lowest BCUT2D eigenvalue weighted by Gasteiger charge is -2.38. The van der Waals surface area contributed by atoms with Crippen molar-refractivity contribution in [3.63, 3.8) is 0 Å². The van der Waals surface area contributed by atoms with Crippen LogP contribution in [0, 0.1) is 18.3 Å². The zero-order valence-corrected chi connectivity index (χ0v) is 16.4. The van der Waals surface area contributed by atoms with Crippen molar-refractivity contribution in [3.05, 3.63) is 32.1 Å². The zero-order chi connectivity index (χ0) is 18.2. The third-order valence-corrected chi connectivity index (χ3v) is 9.26. The number of hydrogen-bond acceptors (Lipinski definition) is 4. The Labute approximate surface area is 138 Å². The molecular weight excluding hydrogens is 310 g/mol. The molecule has 128 valence electrons. The molecule has 0 radical (unpaired) electrons. The molecule has 1 unspecified atom stereocenters. The molecule has 7 heteroatoms. The van der Waals surface area contributed by atoms with Gasteiger partial charge >= 0.3 is 5.69 Å². The first-order valence-electron chi connectivity index (χ1n) is 7.72. The fourth-order valence-corrected chi connectivity index (χ4v) is 3.62. The maximum atomic E-state index is 12.3. The molecule has 0 aliphatic rings. The molecule has 1 heterocycles. The third kappa shape index (κ3) is 3.82. The number of hydrogen-bond donors (Lipinski definition) is 0. The van der Waals surface area contributed by atoms with Crippen LogP contribution in [0.15, 0.2) is 9.59 Å². The molecule has 0 fully saturated rings. The first kappa shape index (κ1) is 19.4. The molecule has 0 bridgehead atoms. The van der Waals surface area contributed by atoms with Crippen molar-refractivity contribution in [2.75, 3.05) is 0 Å². The summed E-state index contributed by atoms with van der Waals surface area (Å²) in [4.78, 5) is 24.3. The highest BCUT2D eigenvalue weighted by atomic mass is 28.4. The highest BCUT2D eigenvalue weighted by molar-refractivity contribution is 6.74. The van der Waals surface area contributed by atoms with Gasteiger partial charge in [-0.2, -0.15) is 5.26 Å². The van der Waals surface area contributed by atoms with Gasteiger partial charge in [-0.1, -0.05) is 20.8 Å². The van der Waals surface area contributed by atoms with E-state index in [2.05, 4.69) is 33.9 Å². The van der Waals surface area contributed by atoms with Crippen LogP contribution in [0.3, 0.4) is 0 Å². The summed E-state index contributed by atoms with van der Waals surface area (Å²) in [7, 11) is -0.562. The minimum Gasteiger partial charge on any atom is -0.412 e. The van der Waals surface area contributed by atoms with Crippen molar-refractivity contribution in [2.45, 2.75) is 65.4 Å². The van der Waals surface area contributed by atoms with Crippen LogP contribution in [-0.4, -0.2) is 23.6 Å². The first-order valence-corrected chi connectivity index (χ1v) is 10.6. The van der Waals surface area contributed by atoms with Crippen LogP contribution >= 0.6 is 0 Å². The van der Waals surface area contributed by atoms with Crippen molar-refractivity contribution in [1.29, 1.82) is 5.26 Å². The Morgan fingerprint density at radius 2 is 1.83 bits per heavy atom. The van der Waals surface area contributed by atoms with Crippen molar-refractivity contribution in [2.24, 2.45) is 7.05 Å². The molecule has 23 heavy (non-hydrogen) atoms. The molecule has 0 N–H and O–H groups in total. The molecule has 0 aliphatic heterocycles. The summed E-state index contributed by atoms with van der Waals surface area (Å²) < 4.78 is 8.70. The van der Waals surface area contributed by atoms with Crippen LogP contribution in [0.5, 0.6) is 0 Å². The Morgan fingerprint density at radius 1 is 1.30 bits per heavy atom. The summed E-state index contributed by atoms with van der Waals surface area (Å²) in [6.07, 6.45) is -0.184. The van der Waals surface area contributed by atoms with Gasteiger partial charge in [0.1, 0.15) is 11.6 Å². The van der Waals surface area contributed by atoms with E-state index in [-0.39, 0.29) is 16.7 Å². The summed E-state index contributed by atoms with van der Waals surface area (Å²) in [6.45, 7) is 14.6. The molecule has 1 atom stereocenters. The zero-order valence-electron chi connectivity index (χ0n) is 15.4. The van der Waals surface area contributed by atoms with Gasteiger partial charge in [0.2, 0.25) is 0 Å². The number of aromatic nitrogens is 2. The number of nitriles is 1. The second-order valence-electron chi connectivity index (χ2n) is 7.52.